The molecular formula is C16H23IN2. The third-order valence-electron chi connectivity index (χ3n) is 4.87. The minimum absolute atomic E-state index is 0.227. The fourth-order valence-electron chi connectivity index (χ4n) is 3.24. The molecule has 1 heterocycles. The smallest absolute Gasteiger partial charge is 0.0130 e. The zero-order valence-corrected chi connectivity index (χ0v) is 13.6. The van der Waals surface area contributed by atoms with Gasteiger partial charge >= 0.3 is 0 Å². The van der Waals surface area contributed by atoms with Crippen LogP contribution in [0.1, 0.15) is 31.2 Å². The lowest BCUT2D eigenvalue weighted by Crippen LogP contribution is -2.47. The normalized spacial score (nSPS) is 23.5. The summed E-state index contributed by atoms with van der Waals surface area (Å²) in [6.07, 6.45) is 5.35. The second-order valence-corrected chi connectivity index (χ2v) is 7.48. The molecule has 0 aromatic heterocycles. The molecule has 3 heteroatoms. The maximum absolute atomic E-state index is 6.15. The fraction of sp³-hybridized carbons (Fsp3) is 0.625. The Kier molecular flexibility index (Phi) is 4.15. The molecule has 1 aliphatic heterocycles. The molecule has 2 N–H and O–H groups in total. The quantitative estimate of drug-likeness (QED) is 0.826. The third kappa shape index (κ3) is 3.14. The van der Waals surface area contributed by atoms with Crippen LogP contribution in [0.2, 0.25) is 0 Å². The Hall–Kier alpha value is -0.130. The van der Waals surface area contributed by atoms with Crippen LogP contribution in [0.3, 0.4) is 0 Å². The molecule has 0 atom stereocenters. The molecule has 19 heavy (non-hydrogen) atoms. The van der Waals surface area contributed by atoms with Crippen molar-refractivity contribution < 1.29 is 0 Å². The lowest BCUT2D eigenvalue weighted by molar-refractivity contribution is 0.157. The van der Waals surface area contributed by atoms with Gasteiger partial charge in [-0.1, -0.05) is 12.1 Å². The second-order valence-electron chi connectivity index (χ2n) is 6.24. The van der Waals surface area contributed by atoms with Crippen LogP contribution in [-0.4, -0.2) is 31.1 Å². The van der Waals surface area contributed by atoms with Crippen molar-refractivity contribution in [2.45, 2.75) is 31.1 Å². The van der Waals surface area contributed by atoms with Gasteiger partial charge in [0.15, 0.2) is 0 Å². The third-order valence-corrected chi connectivity index (χ3v) is 5.59. The van der Waals surface area contributed by atoms with Gasteiger partial charge in [-0.05, 0) is 85.0 Å². The fourth-order valence-corrected chi connectivity index (χ4v) is 3.60. The van der Waals surface area contributed by atoms with Crippen LogP contribution in [0, 0.1) is 9.49 Å². The number of hydrogen-bond donors (Lipinski definition) is 1. The number of nitrogens with zero attached hydrogens (tertiary/aromatic N) is 1. The molecule has 1 aliphatic carbocycles. The van der Waals surface area contributed by atoms with Crippen LogP contribution in [-0.2, 0) is 5.41 Å². The summed E-state index contributed by atoms with van der Waals surface area (Å²) < 4.78 is 1.31. The van der Waals surface area contributed by atoms with E-state index < -0.39 is 0 Å². The first-order chi connectivity index (χ1) is 9.22. The van der Waals surface area contributed by atoms with E-state index >= 15 is 0 Å². The SMILES string of the molecule is NCC1(c2ccc(I)cc2)CCN(CC2CC2)CC1. The maximum atomic E-state index is 6.15. The van der Waals surface area contributed by atoms with E-state index in [9.17, 15) is 0 Å². The number of likely N-dealkylation sites (tertiary alicyclic amines) is 1. The number of hydrogen-bond acceptors (Lipinski definition) is 2. The summed E-state index contributed by atoms with van der Waals surface area (Å²) in [4.78, 5) is 2.65. The van der Waals surface area contributed by atoms with Crippen LogP contribution in [0.4, 0.5) is 0 Å². The molecule has 0 radical (unpaired) electrons. The maximum Gasteiger partial charge on any atom is 0.0130 e. The average Bonchev–Trinajstić information content (AvgIpc) is 3.25. The van der Waals surface area contributed by atoms with Crippen molar-refractivity contribution in [3.8, 4) is 0 Å². The minimum Gasteiger partial charge on any atom is -0.330 e. The van der Waals surface area contributed by atoms with Crippen molar-refractivity contribution in [3.05, 3.63) is 33.4 Å². The molecule has 0 spiro atoms. The van der Waals surface area contributed by atoms with E-state index in [-0.39, 0.29) is 5.41 Å². The highest BCUT2D eigenvalue weighted by Crippen LogP contribution is 2.37. The predicted octanol–water partition coefficient (Wildman–Crippen LogP) is 2.99. The van der Waals surface area contributed by atoms with Gasteiger partial charge in [-0.25, -0.2) is 0 Å². The van der Waals surface area contributed by atoms with E-state index in [0.717, 1.165) is 12.5 Å². The average molecular weight is 370 g/mol. The van der Waals surface area contributed by atoms with Gasteiger partial charge in [0.2, 0.25) is 0 Å². The molecule has 0 unspecified atom stereocenters. The number of piperidine rings is 1. The zero-order chi connectivity index (χ0) is 13.3. The zero-order valence-electron chi connectivity index (χ0n) is 11.4. The first-order valence-corrected chi connectivity index (χ1v) is 8.48. The second kappa shape index (κ2) is 5.70. The van der Waals surface area contributed by atoms with Crippen molar-refractivity contribution in [1.82, 2.24) is 4.90 Å². The van der Waals surface area contributed by atoms with E-state index in [1.165, 1.54) is 54.5 Å². The molecular weight excluding hydrogens is 347 g/mol. The Balaban J connectivity index is 1.68. The van der Waals surface area contributed by atoms with Gasteiger partial charge in [-0.2, -0.15) is 0 Å². The highest BCUT2D eigenvalue weighted by atomic mass is 127. The summed E-state index contributed by atoms with van der Waals surface area (Å²) in [5, 5.41) is 0. The molecule has 0 bridgehead atoms. The van der Waals surface area contributed by atoms with Gasteiger partial charge in [-0.3, -0.25) is 0 Å². The lowest BCUT2D eigenvalue weighted by atomic mass is 9.73. The molecule has 1 aromatic rings. The summed E-state index contributed by atoms with van der Waals surface area (Å²) >= 11 is 2.37. The first-order valence-electron chi connectivity index (χ1n) is 7.40. The topological polar surface area (TPSA) is 29.3 Å². The van der Waals surface area contributed by atoms with Crippen molar-refractivity contribution in [2.24, 2.45) is 11.7 Å². The van der Waals surface area contributed by atoms with E-state index in [4.69, 9.17) is 5.73 Å². The van der Waals surface area contributed by atoms with Crippen molar-refractivity contribution in [2.75, 3.05) is 26.2 Å². The molecule has 104 valence electrons. The van der Waals surface area contributed by atoms with Crippen LogP contribution >= 0.6 is 22.6 Å². The van der Waals surface area contributed by atoms with E-state index in [2.05, 4.69) is 51.8 Å². The number of benzene rings is 1. The lowest BCUT2D eigenvalue weighted by Gasteiger charge is -2.41. The Morgan fingerprint density at radius 1 is 1.16 bits per heavy atom. The largest absolute Gasteiger partial charge is 0.330 e. The summed E-state index contributed by atoms with van der Waals surface area (Å²) in [5.74, 6) is 1.00. The van der Waals surface area contributed by atoms with E-state index in [1.54, 1.807) is 0 Å². The monoisotopic (exact) mass is 370 g/mol. The molecule has 1 saturated heterocycles. The van der Waals surface area contributed by atoms with Crippen molar-refractivity contribution in [3.63, 3.8) is 0 Å². The molecule has 2 aliphatic rings. The molecule has 3 rings (SSSR count). The van der Waals surface area contributed by atoms with Gasteiger partial charge in [0.25, 0.3) is 0 Å². The summed E-state index contributed by atoms with van der Waals surface area (Å²) in [6.45, 7) is 4.55. The Bertz CT molecular complexity index is 417. The Morgan fingerprint density at radius 2 is 1.79 bits per heavy atom. The van der Waals surface area contributed by atoms with Gasteiger partial charge in [-0.15, -0.1) is 0 Å². The molecule has 2 nitrogen and oxygen atoms in total. The van der Waals surface area contributed by atoms with Gasteiger partial charge in [0.05, 0.1) is 0 Å². The van der Waals surface area contributed by atoms with Crippen molar-refractivity contribution in [1.29, 1.82) is 0 Å². The van der Waals surface area contributed by atoms with E-state index in [0.29, 0.717) is 0 Å². The standard InChI is InChI=1S/C16H23IN2/c17-15-5-3-14(4-6-15)16(12-18)7-9-19(10-8-16)11-13-1-2-13/h3-6,13H,1-2,7-12,18H2. The molecule has 1 saturated carbocycles. The summed E-state index contributed by atoms with van der Waals surface area (Å²) in [6, 6.07) is 8.99. The molecule has 2 fully saturated rings. The highest BCUT2D eigenvalue weighted by molar-refractivity contribution is 14.1. The first kappa shape index (κ1) is 13.8. The minimum atomic E-state index is 0.227. The van der Waals surface area contributed by atoms with Crippen LogP contribution in [0.25, 0.3) is 0 Å². The number of rotatable bonds is 4. The summed E-state index contributed by atoms with van der Waals surface area (Å²) in [7, 11) is 0. The van der Waals surface area contributed by atoms with Crippen molar-refractivity contribution >= 4 is 22.6 Å². The van der Waals surface area contributed by atoms with E-state index in [1.807, 2.05) is 0 Å². The Labute approximate surface area is 129 Å². The summed E-state index contributed by atoms with van der Waals surface area (Å²) in [5.41, 5.74) is 7.82. The van der Waals surface area contributed by atoms with Gasteiger partial charge in [0, 0.05) is 22.1 Å². The Morgan fingerprint density at radius 3 is 2.32 bits per heavy atom. The molecule has 0 amide bonds. The predicted molar refractivity (Wildman–Crippen MR) is 88.3 cm³/mol. The van der Waals surface area contributed by atoms with Crippen LogP contribution in [0.15, 0.2) is 24.3 Å². The molecule has 1 aromatic carbocycles. The van der Waals surface area contributed by atoms with Gasteiger partial charge in [0.1, 0.15) is 0 Å². The number of nitrogens with two attached hydrogens (primary N) is 1. The van der Waals surface area contributed by atoms with Crippen LogP contribution < -0.4 is 5.73 Å². The highest BCUT2D eigenvalue weighted by Gasteiger charge is 2.36. The van der Waals surface area contributed by atoms with Crippen LogP contribution in [0.5, 0.6) is 0 Å². The number of halogens is 1. The van der Waals surface area contributed by atoms with Gasteiger partial charge < -0.3 is 10.6 Å².